The zero-order valence-electron chi connectivity index (χ0n) is 13.9. The molecule has 0 radical (unpaired) electrons. The summed E-state index contributed by atoms with van der Waals surface area (Å²) < 4.78 is 0.617. The third kappa shape index (κ3) is 4.68. The van der Waals surface area contributed by atoms with E-state index >= 15 is 0 Å². The quantitative estimate of drug-likeness (QED) is 0.623. The SMILES string of the molecule is Cc1nc(CSCCC(=O)N(C)Cc2nc3ccsc3c(=O)[nH]2)cs1. The second kappa shape index (κ2) is 8.11. The normalized spacial score (nSPS) is 11.1. The van der Waals surface area contributed by atoms with E-state index in [2.05, 4.69) is 20.3 Å². The fourth-order valence-electron chi connectivity index (χ4n) is 2.31. The van der Waals surface area contributed by atoms with Gasteiger partial charge < -0.3 is 9.88 Å². The molecule has 0 spiro atoms. The molecule has 0 aliphatic carbocycles. The average molecular weight is 395 g/mol. The fourth-order valence-corrected chi connectivity index (χ4v) is 4.57. The number of nitrogens with one attached hydrogen (secondary N) is 1. The topological polar surface area (TPSA) is 79.0 Å². The molecule has 25 heavy (non-hydrogen) atoms. The molecule has 1 N–H and O–H groups in total. The Balaban J connectivity index is 1.49. The number of fused-ring (bicyclic) bond motifs is 1. The first-order chi connectivity index (χ1) is 12.0. The lowest BCUT2D eigenvalue weighted by atomic mass is 10.4. The number of H-pyrrole nitrogens is 1. The molecule has 0 saturated carbocycles. The van der Waals surface area contributed by atoms with Gasteiger partial charge in [0, 0.05) is 30.4 Å². The van der Waals surface area contributed by atoms with Crippen molar-refractivity contribution in [3.8, 4) is 0 Å². The fraction of sp³-hybridized carbons (Fsp3) is 0.375. The standard InChI is InChI=1S/C16H18N4O2S3/c1-10-17-11(9-25-10)8-23-5-4-14(21)20(2)7-13-18-12-3-6-24-15(12)16(22)19-13/h3,6,9H,4-5,7-8H2,1-2H3,(H,18,19,22). The molecule has 3 aromatic rings. The molecule has 1 amide bonds. The van der Waals surface area contributed by atoms with E-state index in [0.717, 1.165) is 22.2 Å². The number of thiophene rings is 1. The Morgan fingerprint density at radius 3 is 2.96 bits per heavy atom. The molecular formula is C16H18N4O2S3. The number of nitrogens with zero attached hydrogens (tertiary/aromatic N) is 3. The van der Waals surface area contributed by atoms with Crippen LogP contribution in [0.25, 0.3) is 10.2 Å². The van der Waals surface area contributed by atoms with Crippen molar-refractivity contribution >= 4 is 50.6 Å². The third-order valence-electron chi connectivity index (χ3n) is 3.55. The lowest BCUT2D eigenvalue weighted by molar-refractivity contribution is -0.130. The molecule has 0 bridgehead atoms. The molecule has 0 aliphatic heterocycles. The van der Waals surface area contributed by atoms with Crippen LogP contribution in [0, 0.1) is 6.92 Å². The van der Waals surface area contributed by atoms with Crippen molar-refractivity contribution in [2.24, 2.45) is 0 Å². The van der Waals surface area contributed by atoms with Crippen LogP contribution >= 0.6 is 34.4 Å². The lowest BCUT2D eigenvalue weighted by Gasteiger charge is -2.16. The third-order valence-corrected chi connectivity index (χ3v) is 6.27. The summed E-state index contributed by atoms with van der Waals surface area (Å²) >= 11 is 4.71. The zero-order valence-corrected chi connectivity index (χ0v) is 16.4. The molecule has 0 atom stereocenters. The minimum absolute atomic E-state index is 0.0371. The molecule has 0 fully saturated rings. The van der Waals surface area contributed by atoms with Crippen LogP contribution in [0.2, 0.25) is 0 Å². The Morgan fingerprint density at radius 2 is 2.20 bits per heavy atom. The van der Waals surface area contributed by atoms with E-state index in [1.165, 1.54) is 11.3 Å². The lowest BCUT2D eigenvalue weighted by Crippen LogP contribution is -2.28. The van der Waals surface area contributed by atoms with Crippen molar-refractivity contribution in [2.75, 3.05) is 12.8 Å². The van der Waals surface area contributed by atoms with Gasteiger partial charge in [0.25, 0.3) is 5.56 Å². The predicted molar refractivity (Wildman–Crippen MR) is 104 cm³/mol. The van der Waals surface area contributed by atoms with Gasteiger partial charge in [-0.05, 0) is 18.4 Å². The number of amides is 1. The number of thiazole rings is 1. The number of aromatic nitrogens is 3. The maximum atomic E-state index is 12.2. The van der Waals surface area contributed by atoms with E-state index in [4.69, 9.17) is 0 Å². The molecule has 3 heterocycles. The van der Waals surface area contributed by atoms with Crippen molar-refractivity contribution < 1.29 is 4.79 Å². The van der Waals surface area contributed by atoms with Gasteiger partial charge in [-0.1, -0.05) is 0 Å². The summed E-state index contributed by atoms with van der Waals surface area (Å²) in [5.74, 6) is 2.12. The minimum Gasteiger partial charge on any atom is -0.338 e. The number of carbonyl (C=O) groups is 1. The highest BCUT2D eigenvalue weighted by atomic mass is 32.2. The summed E-state index contributed by atoms with van der Waals surface area (Å²) in [5, 5.41) is 4.96. The summed E-state index contributed by atoms with van der Waals surface area (Å²) in [6, 6.07) is 1.82. The van der Waals surface area contributed by atoms with Crippen molar-refractivity contribution in [1.82, 2.24) is 19.9 Å². The van der Waals surface area contributed by atoms with E-state index < -0.39 is 0 Å². The van der Waals surface area contributed by atoms with Crippen LogP contribution < -0.4 is 5.56 Å². The smallest absolute Gasteiger partial charge is 0.268 e. The molecule has 0 saturated heterocycles. The first kappa shape index (κ1) is 18.1. The highest BCUT2D eigenvalue weighted by Gasteiger charge is 2.12. The maximum Gasteiger partial charge on any atom is 0.268 e. The van der Waals surface area contributed by atoms with Gasteiger partial charge in [-0.25, -0.2) is 9.97 Å². The van der Waals surface area contributed by atoms with Crippen LogP contribution in [-0.4, -0.2) is 38.6 Å². The predicted octanol–water partition coefficient (Wildman–Crippen LogP) is 3.03. The summed E-state index contributed by atoms with van der Waals surface area (Å²) in [6.07, 6.45) is 0.454. The van der Waals surface area contributed by atoms with E-state index in [9.17, 15) is 9.59 Å². The molecule has 3 rings (SSSR count). The number of hydrogen-bond acceptors (Lipinski definition) is 7. The molecule has 3 aromatic heterocycles. The van der Waals surface area contributed by atoms with Crippen LogP contribution in [0.15, 0.2) is 21.6 Å². The van der Waals surface area contributed by atoms with Crippen LogP contribution in [0.3, 0.4) is 0 Å². The van der Waals surface area contributed by atoms with E-state index in [0.29, 0.717) is 29.0 Å². The van der Waals surface area contributed by atoms with Crippen LogP contribution in [-0.2, 0) is 17.1 Å². The molecule has 6 nitrogen and oxygen atoms in total. The van der Waals surface area contributed by atoms with Crippen molar-refractivity contribution in [2.45, 2.75) is 25.6 Å². The van der Waals surface area contributed by atoms with Gasteiger partial charge in [0.15, 0.2) is 0 Å². The Kier molecular flexibility index (Phi) is 5.87. The van der Waals surface area contributed by atoms with E-state index in [-0.39, 0.29) is 11.5 Å². The van der Waals surface area contributed by atoms with Gasteiger partial charge in [-0.2, -0.15) is 11.8 Å². The Hall–Kier alpha value is -1.71. The maximum absolute atomic E-state index is 12.2. The Labute approximate surface area is 157 Å². The van der Waals surface area contributed by atoms with E-state index in [1.807, 2.05) is 18.4 Å². The van der Waals surface area contributed by atoms with Crippen molar-refractivity contribution in [3.05, 3.63) is 43.7 Å². The van der Waals surface area contributed by atoms with Crippen LogP contribution in [0.4, 0.5) is 0 Å². The largest absolute Gasteiger partial charge is 0.338 e. The zero-order chi connectivity index (χ0) is 17.8. The number of rotatable bonds is 7. The molecule has 9 heteroatoms. The van der Waals surface area contributed by atoms with Gasteiger partial charge >= 0.3 is 0 Å². The van der Waals surface area contributed by atoms with Gasteiger partial charge in [0.1, 0.15) is 10.5 Å². The highest BCUT2D eigenvalue weighted by Crippen LogP contribution is 2.17. The number of carbonyl (C=O) groups excluding carboxylic acids is 1. The first-order valence-corrected chi connectivity index (χ1v) is 10.6. The van der Waals surface area contributed by atoms with Crippen molar-refractivity contribution in [1.29, 1.82) is 0 Å². The number of hydrogen-bond donors (Lipinski definition) is 1. The highest BCUT2D eigenvalue weighted by molar-refractivity contribution is 7.98. The second-order valence-electron chi connectivity index (χ2n) is 5.56. The minimum atomic E-state index is -0.148. The second-order valence-corrected chi connectivity index (χ2v) is 8.64. The van der Waals surface area contributed by atoms with Gasteiger partial charge in [0.2, 0.25) is 5.91 Å². The summed E-state index contributed by atoms with van der Waals surface area (Å²) in [5.41, 5.74) is 1.60. The molecule has 0 aliphatic rings. The van der Waals surface area contributed by atoms with Gasteiger partial charge in [-0.15, -0.1) is 22.7 Å². The molecular weight excluding hydrogens is 376 g/mol. The van der Waals surface area contributed by atoms with Crippen LogP contribution in [0.5, 0.6) is 0 Å². The molecule has 132 valence electrons. The summed E-state index contributed by atoms with van der Waals surface area (Å²) in [7, 11) is 1.73. The van der Waals surface area contributed by atoms with Gasteiger partial charge in [0.05, 0.1) is 22.8 Å². The van der Waals surface area contributed by atoms with Crippen molar-refractivity contribution in [3.63, 3.8) is 0 Å². The monoisotopic (exact) mass is 394 g/mol. The Bertz CT molecular complexity index is 931. The molecule has 0 unspecified atom stereocenters. The molecule has 0 aromatic carbocycles. The van der Waals surface area contributed by atoms with Gasteiger partial charge in [-0.3, -0.25) is 9.59 Å². The number of aryl methyl sites for hydroxylation is 1. The summed E-state index contributed by atoms with van der Waals surface area (Å²) in [6.45, 7) is 2.29. The first-order valence-electron chi connectivity index (χ1n) is 7.72. The average Bonchev–Trinajstić information content (AvgIpc) is 3.20. The summed E-state index contributed by atoms with van der Waals surface area (Å²) in [4.78, 5) is 37.4. The number of aromatic amines is 1. The number of thioether (sulfide) groups is 1. The van der Waals surface area contributed by atoms with Crippen LogP contribution in [0.1, 0.15) is 22.9 Å². The van der Waals surface area contributed by atoms with E-state index in [1.54, 1.807) is 35.0 Å². The Morgan fingerprint density at radius 1 is 1.36 bits per heavy atom.